The third-order valence-electron chi connectivity index (χ3n) is 2.88. The Morgan fingerprint density at radius 1 is 1.47 bits per heavy atom. The molecule has 0 amide bonds. The molecule has 1 N–H and O–H groups in total. The summed E-state index contributed by atoms with van der Waals surface area (Å²) in [6, 6.07) is 6.12. The van der Waals surface area contributed by atoms with Crippen molar-refractivity contribution in [2.45, 2.75) is 5.54 Å². The molecule has 0 bridgehead atoms. The van der Waals surface area contributed by atoms with Crippen molar-refractivity contribution in [1.82, 2.24) is 5.32 Å². The summed E-state index contributed by atoms with van der Waals surface area (Å²) >= 11 is 3.49. The molecule has 1 heterocycles. The maximum absolute atomic E-state index is 5.27. The number of hydrogen-bond donors (Lipinski definition) is 1. The van der Waals surface area contributed by atoms with Crippen molar-refractivity contribution in [3.63, 3.8) is 0 Å². The fourth-order valence-corrected chi connectivity index (χ4v) is 2.27. The van der Waals surface area contributed by atoms with Crippen LogP contribution in [0.3, 0.4) is 0 Å². The maximum atomic E-state index is 5.27. The number of rotatable bonds is 3. The molecule has 1 aliphatic rings. The maximum Gasteiger partial charge on any atom is 0.133 e. The van der Waals surface area contributed by atoms with Crippen LogP contribution in [-0.2, 0) is 10.3 Å². The standard InChI is InChI=1S/C11H14BrNO2/c1-13-11(6-15-7-11)8-3-4-10(14-2)9(12)5-8/h3-5,13H,6-7H2,1-2H3. The predicted octanol–water partition coefficient (Wildman–Crippen LogP) is 1.90. The molecule has 82 valence electrons. The second-order valence-corrected chi connectivity index (χ2v) is 4.53. The third-order valence-corrected chi connectivity index (χ3v) is 3.50. The van der Waals surface area contributed by atoms with E-state index in [1.165, 1.54) is 5.56 Å². The topological polar surface area (TPSA) is 30.5 Å². The Morgan fingerprint density at radius 2 is 2.20 bits per heavy atom. The van der Waals surface area contributed by atoms with Crippen molar-refractivity contribution < 1.29 is 9.47 Å². The van der Waals surface area contributed by atoms with Crippen molar-refractivity contribution in [1.29, 1.82) is 0 Å². The summed E-state index contributed by atoms with van der Waals surface area (Å²) in [6.07, 6.45) is 0. The van der Waals surface area contributed by atoms with Crippen LogP contribution in [0.5, 0.6) is 5.75 Å². The van der Waals surface area contributed by atoms with Gasteiger partial charge in [-0.1, -0.05) is 6.07 Å². The van der Waals surface area contributed by atoms with Gasteiger partial charge in [0.1, 0.15) is 5.75 Å². The van der Waals surface area contributed by atoms with Crippen LogP contribution in [0.25, 0.3) is 0 Å². The number of halogens is 1. The van der Waals surface area contributed by atoms with E-state index < -0.39 is 0 Å². The molecule has 0 spiro atoms. The van der Waals surface area contributed by atoms with Crippen LogP contribution in [0.15, 0.2) is 22.7 Å². The molecule has 0 saturated carbocycles. The molecule has 1 saturated heterocycles. The quantitative estimate of drug-likeness (QED) is 0.911. The van der Waals surface area contributed by atoms with Gasteiger partial charge in [0, 0.05) is 0 Å². The summed E-state index contributed by atoms with van der Waals surface area (Å²) in [5, 5.41) is 3.31. The number of benzene rings is 1. The Hall–Kier alpha value is -0.580. The Bertz CT molecular complexity index is 358. The molecule has 0 aliphatic carbocycles. The molecule has 0 atom stereocenters. The zero-order valence-electron chi connectivity index (χ0n) is 8.84. The molecule has 1 fully saturated rings. The van der Waals surface area contributed by atoms with Crippen LogP contribution >= 0.6 is 15.9 Å². The lowest BCUT2D eigenvalue weighted by molar-refractivity contribution is -0.0748. The predicted molar refractivity (Wildman–Crippen MR) is 62.3 cm³/mol. The van der Waals surface area contributed by atoms with E-state index in [0.717, 1.165) is 23.4 Å². The molecule has 0 aromatic heterocycles. The van der Waals surface area contributed by atoms with Gasteiger partial charge in [-0.15, -0.1) is 0 Å². The Morgan fingerprint density at radius 3 is 2.60 bits per heavy atom. The Kier molecular flexibility index (Phi) is 3.00. The van der Waals surface area contributed by atoms with Crippen molar-refractivity contribution >= 4 is 15.9 Å². The van der Waals surface area contributed by atoms with Gasteiger partial charge in [0.2, 0.25) is 0 Å². The lowest BCUT2D eigenvalue weighted by Crippen LogP contribution is -2.56. The molecule has 0 unspecified atom stereocenters. The average molecular weight is 272 g/mol. The zero-order chi connectivity index (χ0) is 10.9. The highest BCUT2D eigenvalue weighted by Gasteiger charge is 2.38. The van der Waals surface area contributed by atoms with E-state index in [0.29, 0.717) is 0 Å². The molecule has 1 aromatic carbocycles. The van der Waals surface area contributed by atoms with Crippen LogP contribution in [0.2, 0.25) is 0 Å². The smallest absolute Gasteiger partial charge is 0.133 e. The van der Waals surface area contributed by atoms with E-state index in [4.69, 9.17) is 9.47 Å². The van der Waals surface area contributed by atoms with Crippen LogP contribution < -0.4 is 10.1 Å². The normalized spacial score (nSPS) is 18.3. The second kappa shape index (κ2) is 4.12. The minimum Gasteiger partial charge on any atom is -0.496 e. The summed E-state index contributed by atoms with van der Waals surface area (Å²) in [7, 11) is 3.63. The number of likely N-dealkylation sites (N-methyl/N-ethyl adjacent to an activating group) is 1. The molecule has 1 aromatic rings. The monoisotopic (exact) mass is 271 g/mol. The highest BCUT2D eigenvalue weighted by atomic mass is 79.9. The largest absolute Gasteiger partial charge is 0.496 e. The van der Waals surface area contributed by atoms with Gasteiger partial charge in [0.05, 0.1) is 30.3 Å². The van der Waals surface area contributed by atoms with Gasteiger partial charge in [-0.05, 0) is 40.7 Å². The Labute approximate surface area is 97.9 Å². The van der Waals surface area contributed by atoms with Crippen LogP contribution in [0, 0.1) is 0 Å². The average Bonchev–Trinajstić information content (AvgIpc) is 2.17. The summed E-state index contributed by atoms with van der Waals surface area (Å²) in [4.78, 5) is 0. The number of methoxy groups -OCH3 is 1. The van der Waals surface area contributed by atoms with E-state index in [-0.39, 0.29) is 5.54 Å². The van der Waals surface area contributed by atoms with Gasteiger partial charge >= 0.3 is 0 Å². The molecule has 0 radical (unpaired) electrons. The molecular formula is C11H14BrNO2. The molecule has 15 heavy (non-hydrogen) atoms. The summed E-state index contributed by atoms with van der Waals surface area (Å²) in [6.45, 7) is 1.45. The first-order valence-corrected chi connectivity index (χ1v) is 5.62. The second-order valence-electron chi connectivity index (χ2n) is 3.67. The van der Waals surface area contributed by atoms with E-state index >= 15 is 0 Å². The Balaban J connectivity index is 2.33. The lowest BCUT2D eigenvalue weighted by atomic mass is 9.88. The first-order chi connectivity index (χ1) is 7.22. The van der Waals surface area contributed by atoms with Gasteiger partial charge in [-0.25, -0.2) is 0 Å². The minimum absolute atomic E-state index is 0.0191. The van der Waals surface area contributed by atoms with Crippen LogP contribution in [0.4, 0.5) is 0 Å². The van der Waals surface area contributed by atoms with E-state index in [1.54, 1.807) is 7.11 Å². The first-order valence-electron chi connectivity index (χ1n) is 4.82. The SMILES string of the molecule is CNC1(c2ccc(OC)c(Br)c2)COC1. The number of ether oxygens (including phenoxy) is 2. The lowest BCUT2D eigenvalue weighted by Gasteiger charge is -2.41. The highest BCUT2D eigenvalue weighted by molar-refractivity contribution is 9.10. The zero-order valence-corrected chi connectivity index (χ0v) is 10.4. The van der Waals surface area contributed by atoms with E-state index in [9.17, 15) is 0 Å². The third kappa shape index (κ3) is 1.77. The van der Waals surface area contributed by atoms with Crippen molar-refractivity contribution in [3.05, 3.63) is 28.2 Å². The number of nitrogens with one attached hydrogen (secondary N) is 1. The van der Waals surface area contributed by atoms with Crippen molar-refractivity contribution in [2.75, 3.05) is 27.4 Å². The first kappa shape index (κ1) is 10.9. The molecule has 4 heteroatoms. The van der Waals surface area contributed by atoms with E-state index in [2.05, 4.69) is 33.4 Å². The van der Waals surface area contributed by atoms with E-state index in [1.807, 2.05) is 13.1 Å². The van der Waals surface area contributed by atoms with Crippen molar-refractivity contribution in [2.24, 2.45) is 0 Å². The minimum atomic E-state index is -0.0191. The summed E-state index contributed by atoms with van der Waals surface area (Å²) in [5.41, 5.74) is 1.21. The van der Waals surface area contributed by atoms with Gasteiger partial charge in [-0.3, -0.25) is 0 Å². The molecule has 2 rings (SSSR count). The summed E-state index contributed by atoms with van der Waals surface area (Å²) in [5.74, 6) is 0.852. The van der Waals surface area contributed by atoms with Crippen LogP contribution in [-0.4, -0.2) is 27.4 Å². The molecular weight excluding hydrogens is 258 g/mol. The fraction of sp³-hybridized carbons (Fsp3) is 0.455. The van der Waals surface area contributed by atoms with Crippen molar-refractivity contribution in [3.8, 4) is 5.75 Å². The van der Waals surface area contributed by atoms with Crippen LogP contribution in [0.1, 0.15) is 5.56 Å². The van der Waals surface area contributed by atoms with Gasteiger partial charge in [-0.2, -0.15) is 0 Å². The highest BCUT2D eigenvalue weighted by Crippen LogP contribution is 2.34. The molecule has 3 nitrogen and oxygen atoms in total. The summed E-state index contributed by atoms with van der Waals surface area (Å²) < 4.78 is 11.4. The molecule has 1 aliphatic heterocycles. The number of hydrogen-bond acceptors (Lipinski definition) is 3. The van der Waals surface area contributed by atoms with Gasteiger partial charge in [0.15, 0.2) is 0 Å². The van der Waals surface area contributed by atoms with Gasteiger partial charge < -0.3 is 14.8 Å². The van der Waals surface area contributed by atoms with Gasteiger partial charge in [0.25, 0.3) is 0 Å². The fourth-order valence-electron chi connectivity index (χ4n) is 1.73.